The highest BCUT2D eigenvalue weighted by atomic mass is 16.6. The summed E-state index contributed by atoms with van der Waals surface area (Å²) in [6.45, 7) is 5.30. The molecule has 2 rings (SSSR count). The Labute approximate surface area is 151 Å². The second-order valence-electron chi connectivity index (χ2n) is 8.97. The van der Waals surface area contributed by atoms with E-state index >= 15 is 0 Å². The molecule has 25 heavy (non-hydrogen) atoms. The number of carboxylic acids is 1. The maximum Gasteiger partial charge on any atom is 0.322 e. The van der Waals surface area contributed by atoms with Gasteiger partial charge in [-0.3, -0.25) is 9.59 Å². The van der Waals surface area contributed by atoms with Gasteiger partial charge in [0, 0.05) is 5.54 Å². The van der Waals surface area contributed by atoms with Crippen molar-refractivity contribution in [3.05, 3.63) is 0 Å². The van der Waals surface area contributed by atoms with Gasteiger partial charge in [-0.2, -0.15) is 0 Å². The van der Waals surface area contributed by atoms with Crippen LogP contribution in [0.3, 0.4) is 0 Å². The Morgan fingerprint density at radius 3 is 1.64 bits per heavy atom. The molecule has 144 valence electrons. The second-order valence-corrected chi connectivity index (χ2v) is 8.97. The predicted octanol–water partition coefficient (Wildman–Crippen LogP) is 3.89. The molecular weight excluding hydrogens is 318 g/mol. The minimum atomic E-state index is -1.28. The van der Waals surface area contributed by atoms with E-state index in [1.54, 1.807) is 20.8 Å². The number of carbonyl (C=O) groups is 2. The Kier molecular flexibility index (Phi) is 6.52. The van der Waals surface area contributed by atoms with E-state index in [1.807, 2.05) is 0 Å². The minimum absolute atomic E-state index is 0.0815. The van der Waals surface area contributed by atoms with E-state index in [0.717, 1.165) is 51.4 Å². The maximum absolute atomic E-state index is 12.8. The summed E-state index contributed by atoms with van der Waals surface area (Å²) in [5, 5.41) is 9.96. The summed E-state index contributed by atoms with van der Waals surface area (Å²) < 4.78 is 5.49. The van der Waals surface area contributed by atoms with Crippen LogP contribution >= 0.6 is 0 Å². The molecule has 0 heterocycles. The van der Waals surface area contributed by atoms with Gasteiger partial charge in [-0.15, -0.1) is 0 Å². The van der Waals surface area contributed by atoms with Gasteiger partial charge in [0.25, 0.3) is 0 Å². The molecule has 0 aromatic heterocycles. The first-order valence-electron chi connectivity index (χ1n) is 9.91. The summed E-state index contributed by atoms with van der Waals surface area (Å²) in [6.07, 6.45) is 10.3. The number of carbonyl (C=O) groups excluding carboxylic acids is 1. The number of nitrogens with two attached hydrogens (primary N) is 1. The number of carboxylic acid groups (broad SMARTS) is 1. The summed E-state index contributed by atoms with van der Waals surface area (Å²) in [4.78, 5) is 25.0. The van der Waals surface area contributed by atoms with E-state index in [-0.39, 0.29) is 11.8 Å². The van der Waals surface area contributed by atoms with Crippen molar-refractivity contribution < 1.29 is 19.4 Å². The van der Waals surface area contributed by atoms with Crippen LogP contribution in [-0.4, -0.2) is 28.2 Å². The standard InChI is InChI=1S/C20H35NO4/c1-19(2,3)25-18(24)16(17(22)23)20(21,14-10-6-4-7-11-14)15-12-8-5-9-13-15/h14-16H,4-13,21H2,1-3H3,(H,22,23)/t16-/m0/s1. The third-order valence-electron chi connectivity index (χ3n) is 6.01. The third kappa shape index (κ3) is 4.75. The SMILES string of the molecule is CC(C)(C)OC(=O)[C@H](C(=O)O)C(N)(C1CCCCC1)C1CCCCC1. The Bertz CT molecular complexity index is 453. The number of aliphatic carboxylic acids is 1. The van der Waals surface area contributed by atoms with Crippen molar-refractivity contribution in [1.82, 2.24) is 0 Å². The van der Waals surface area contributed by atoms with Crippen LogP contribution in [0, 0.1) is 17.8 Å². The first kappa shape index (κ1) is 20.2. The Morgan fingerprint density at radius 2 is 1.32 bits per heavy atom. The highest BCUT2D eigenvalue weighted by Crippen LogP contribution is 2.46. The average Bonchev–Trinajstić information content (AvgIpc) is 2.54. The van der Waals surface area contributed by atoms with Gasteiger partial charge < -0.3 is 15.6 Å². The summed E-state index contributed by atoms with van der Waals surface area (Å²) in [6, 6.07) is 0. The molecule has 0 radical (unpaired) electrons. The van der Waals surface area contributed by atoms with Gasteiger partial charge in [0.05, 0.1) is 0 Å². The van der Waals surface area contributed by atoms with Crippen LogP contribution in [0.15, 0.2) is 0 Å². The highest BCUT2D eigenvalue weighted by Gasteiger charge is 2.55. The monoisotopic (exact) mass is 353 g/mol. The molecule has 0 aliphatic heterocycles. The Morgan fingerprint density at radius 1 is 0.920 bits per heavy atom. The first-order chi connectivity index (χ1) is 11.7. The molecule has 0 aromatic rings. The number of ether oxygens (including phenoxy) is 1. The fraction of sp³-hybridized carbons (Fsp3) is 0.900. The van der Waals surface area contributed by atoms with Crippen LogP contribution < -0.4 is 5.73 Å². The molecule has 5 nitrogen and oxygen atoms in total. The van der Waals surface area contributed by atoms with Crippen LogP contribution in [0.2, 0.25) is 0 Å². The van der Waals surface area contributed by atoms with E-state index in [2.05, 4.69) is 0 Å². The molecule has 0 bridgehead atoms. The number of rotatable bonds is 5. The fourth-order valence-electron chi connectivity index (χ4n) is 4.89. The summed E-state index contributed by atoms with van der Waals surface area (Å²) in [7, 11) is 0. The molecule has 0 saturated heterocycles. The molecule has 3 N–H and O–H groups in total. The molecule has 2 aliphatic carbocycles. The zero-order valence-corrected chi connectivity index (χ0v) is 16.1. The van der Waals surface area contributed by atoms with Gasteiger partial charge in [0.15, 0.2) is 5.92 Å². The van der Waals surface area contributed by atoms with Crippen LogP contribution in [0.1, 0.15) is 85.0 Å². The zero-order chi connectivity index (χ0) is 18.7. The molecule has 0 aromatic carbocycles. The van der Waals surface area contributed by atoms with E-state index in [4.69, 9.17) is 10.5 Å². The molecule has 5 heteroatoms. The van der Waals surface area contributed by atoms with Gasteiger partial charge >= 0.3 is 11.9 Å². The van der Waals surface area contributed by atoms with Gasteiger partial charge in [-0.05, 0) is 58.3 Å². The van der Waals surface area contributed by atoms with Crippen molar-refractivity contribution >= 4 is 11.9 Å². The van der Waals surface area contributed by atoms with Crippen molar-refractivity contribution in [3.63, 3.8) is 0 Å². The van der Waals surface area contributed by atoms with Gasteiger partial charge in [-0.1, -0.05) is 38.5 Å². The molecule has 1 atom stereocenters. The summed E-state index contributed by atoms with van der Waals surface area (Å²) in [5.41, 5.74) is 5.21. The lowest BCUT2D eigenvalue weighted by Gasteiger charge is -2.49. The third-order valence-corrected chi connectivity index (χ3v) is 6.01. The van der Waals surface area contributed by atoms with Crippen molar-refractivity contribution in [2.75, 3.05) is 0 Å². The lowest BCUT2D eigenvalue weighted by atomic mass is 9.59. The molecule has 0 unspecified atom stereocenters. The lowest BCUT2D eigenvalue weighted by Crippen LogP contribution is -2.64. The van der Waals surface area contributed by atoms with Crippen LogP contribution in [0.4, 0.5) is 0 Å². The number of hydrogen-bond acceptors (Lipinski definition) is 4. The maximum atomic E-state index is 12.8. The van der Waals surface area contributed by atoms with Crippen LogP contribution in [0.5, 0.6) is 0 Å². The fourth-order valence-corrected chi connectivity index (χ4v) is 4.89. The largest absolute Gasteiger partial charge is 0.481 e. The normalized spacial score (nSPS) is 22.4. The quantitative estimate of drug-likeness (QED) is 0.578. The molecule has 0 amide bonds. The van der Waals surface area contributed by atoms with Crippen molar-refractivity contribution in [1.29, 1.82) is 0 Å². The van der Waals surface area contributed by atoms with E-state index < -0.39 is 29.0 Å². The summed E-state index contributed by atoms with van der Waals surface area (Å²) in [5.74, 6) is -2.92. The predicted molar refractivity (Wildman–Crippen MR) is 97.0 cm³/mol. The van der Waals surface area contributed by atoms with Gasteiger partial charge in [-0.25, -0.2) is 0 Å². The second kappa shape index (κ2) is 8.07. The first-order valence-corrected chi connectivity index (χ1v) is 9.91. The van der Waals surface area contributed by atoms with E-state index in [0.29, 0.717) is 0 Å². The molecule has 0 spiro atoms. The highest BCUT2D eigenvalue weighted by molar-refractivity contribution is 5.96. The molecule has 2 fully saturated rings. The van der Waals surface area contributed by atoms with Gasteiger partial charge in [0.2, 0.25) is 0 Å². The van der Waals surface area contributed by atoms with E-state index in [1.165, 1.54) is 12.8 Å². The summed E-state index contributed by atoms with van der Waals surface area (Å²) >= 11 is 0. The number of esters is 1. The van der Waals surface area contributed by atoms with Crippen LogP contribution in [0.25, 0.3) is 0 Å². The van der Waals surface area contributed by atoms with Crippen molar-refractivity contribution in [2.24, 2.45) is 23.5 Å². The Hall–Kier alpha value is -1.10. The number of hydrogen-bond donors (Lipinski definition) is 2. The van der Waals surface area contributed by atoms with E-state index in [9.17, 15) is 14.7 Å². The minimum Gasteiger partial charge on any atom is -0.481 e. The van der Waals surface area contributed by atoms with Gasteiger partial charge in [0.1, 0.15) is 5.60 Å². The van der Waals surface area contributed by atoms with Crippen molar-refractivity contribution in [2.45, 2.75) is 96.1 Å². The zero-order valence-electron chi connectivity index (χ0n) is 16.1. The molecular formula is C20H35NO4. The molecule has 2 aliphatic rings. The Balaban J connectivity index is 2.38. The van der Waals surface area contributed by atoms with Crippen LogP contribution in [-0.2, 0) is 14.3 Å². The lowest BCUT2D eigenvalue weighted by molar-refractivity contribution is -0.174. The van der Waals surface area contributed by atoms with Crippen molar-refractivity contribution in [3.8, 4) is 0 Å². The smallest absolute Gasteiger partial charge is 0.322 e. The topological polar surface area (TPSA) is 89.6 Å². The average molecular weight is 354 g/mol. The molecule has 2 saturated carbocycles.